The summed E-state index contributed by atoms with van der Waals surface area (Å²) in [6, 6.07) is 3.07. The van der Waals surface area contributed by atoms with Crippen molar-refractivity contribution >= 4 is 5.69 Å². The van der Waals surface area contributed by atoms with Crippen LogP contribution >= 0.6 is 0 Å². The number of halogens is 2. The molecule has 0 aliphatic carbocycles. The minimum Gasteiger partial charge on any atom is -0.383 e. The lowest BCUT2D eigenvalue weighted by Gasteiger charge is -2.23. The number of rotatable bonds is 6. The second kappa shape index (κ2) is 6.51. The molecule has 2 N–H and O–H groups in total. The number of ether oxygens (including phenoxy) is 1. The van der Waals surface area contributed by atoms with E-state index in [4.69, 9.17) is 10.5 Å². The van der Waals surface area contributed by atoms with E-state index in [9.17, 15) is 8.78 Å². The van der Waals surface area contributed by atoms with Gasteiger partial charge < -0.3 is 15.4 Å². The van der Waals surface area contributed by atoms with Crippen LogP contribution in [0.2, 0.25) is 0 Å². The van der Waals surface area contributed by atoms with E-state index in [0.717, 1.165) is 0 Å². The standard InChI is InChI=1S/C12H18F2N2O/c1-3-16(6-7-17-2)10-5-4-9(8-15)11(13)12(10)14/h4-5H,3,6-8,15H2,1-2H3. The minimum absolute atomic E-state index is 0.00672. The molecule has 0 saturated carbocycles. The first-order chi connectivity index (χ1) is 8.15. The van der Waals surface area contributed by atoms with E-state index in [1.807, 2.05) is 6.92 Å². The smallest absolute Gasteiger partial charge is 0.182 e. The molecular formula is C12H18F2N2O. The maximum absolute atomic E-state index is 13.8. The number of methoxy groups -OCH3 is 1. The molecule has 0 aliphatic heterocycles. The fourth-order valence-corrected chi connectivity index (χ4v) is 1.63. The lowest BCUT2D eigenvalue weighted by molar-refractivity contribution is 0.205. The van der Waals surface area contributed by atoms with Crippen molar-refractivity contribution in [3.8, 4) is 0 Å². The average Bonchev–Trinajstić information content (AvgIpc) is 2.35. The Bertz CT molecular complexity index is 372. The van der Waals surface area contributed by atoms with E-state index < -0.39 is 11.6 Å². The average molecular weight is 244 g/mol. The van der Waals surface area contributed by atoms with Gasteiger partial charge in [0.05, 0.1) is 12.3 Å². The Morgan fingerprint density at radius 2 is 2.00 bits per heavy atom. The highest BCUT2D eigenvalue weighted by molar-refractivity contribution is 5.49. The molecule has 0 amide bonds. The van der Waals surface area contributed by atoms with Crippen molar-refractivity contribution in [2.45, 2.75) is 13.5 Å². The van der Waals surface area contributed by atoms with Gasteiger partial charge in [0.1, 0.15) is 0 Å². The number of likely N-dealkylation sites (N-methyl/N-ethyl adjacent to an activating group) is 1. The van der Waals surface area contributed by atoms with Gasteiger partial charge in [-0.25, -0.2) is 8.78 Å². The third-order valence-corrected chi connectivity index (χ3v) is 2.65. The number of nitrogens with two attached hydrogens (primary N) is 1. The van der Waals surface area contributed by atoms with Gasteiger partial charge in [0, 0.05) is 32.3 Å². The molecule has 0 unspecified atom stereocenters. The van der Waals surface area contributed by atoms with Crippen LogP contribution in [0.3, 0.4) is 0 Å². The first-order valence-corrected chi connectivity index (χ1v) is 5.56. The van der Waals surface area contributed by atoms with Crippen LogP contribution in [-0.4, -0.2) is 26.8 Å². The summed E-state index contributed by atoms with van der Waals surface area (Å²) >= 11 is 0. The van der Waals surface area contributed by atoms with Crippen LogP contribution in [0.15, 0.2) is 12.1 Å². The van der Waals surface area contributed by atoms with Gasteiger partial charge in [-0.1, -0.05) is 6.07 Å². The van der Waals surface area contributed by atoms with Gasteiger partial charge in [0.25, 0.3) is 0 Å². The van der Waals surface area contributed by atoms with Crippen molar-refractivity contribution in [2.24, 2.45) is 5.73 Å². The summed E-state index contributed by atoms with van der Waals surface area (Å²) in [6.07, 6.45) is 0. The Balaban J connectivity index is 3.00. The van der Waals surface area contributed by atoms with Crippen molar-refractivity contribution < 1.29 is 13.5 Å². The molecule has 0 bridgehead atoms. The zero-order valence-electron chi connectivity index (χ0n) is 10.2. The van der Waals surface area contributed by atoms with Crippen molar-refractivity contribution in [1.29, 1.82) is 0 Å². The predicted octanol–water partition coefficient (Wildman–Crippen LogP) is 1.90. The largest absolute Gasteiger partial charge is 0.383 e. The molecule has 1 aromatic rings. The fraction of sp³-hybridized carbons (Fsp3) is 0.500. The van der Waals surface area contributed by atoms with Crippen molar-refractivity contribution in [3.05, 3.63) is 29.3 Å². The first kappa shape index (κ1) is 13.9. The highest BCUT2D eigenvalue weighted by Crippen LogP contribution is 2.23. The Morgan fingerprint density at radius 1 is 1.29 bits per heavy atom. The van der Waals surface area contributed by atoms with Crippen LogP contribution in [0.4, 0.5) is 14.5 Å². The molecule has 5 heteroatoms. The third-order valence-electron chi connectivity index (χ3n) is 2.65. The van der Waals surface area contributed by atoms with E-state index >= 15 is 0 Å². The van der Waals surface area contributed by atoms with E-state index in [-0.39, 0.29) is 17.8 Å². The van der Waals surface area contributed by atoms with Gasteiger partial charge in [-0.05, 0) is 13.0 Å². The fourth-order valence-electron chi connectivity index (χ4n) is 1.63. The summed E-state index contributed by atoms with van der Waals surface area (Å²) < 4.78 is 32.3. The Labute approximate surface area is 100 Å². The SMILES string of the molecule is CCN(CCOC)c1ccc(CN)c(F)c1F. The number of anilines is 1. The van der Waals surface area contributed by atoms with Crippen LogP contribution in [0.1, 0.15) is 12.5 Å². The van der Waals surface area contributed by atoms with Gasteiger partial charge >= 0.3 is 0 Å². The highest BCUT2D eigenvalue weighted by Gasteiger charge is 2.16. The van der Waals surface area contributed by atoms with Crippen LogP contribution in [0.5, 0.6) is 0 Å². The van der Waals surface area contributed by atoms with E-state index in [0.29, 0.717) is 19.7 Å². The van der Waals surface area contributed by atoms with Crippen LogP contribution in [-0.2, 0) is 11.3 Å². The van der Waals surface area contributed by atoms with Gasteiger partial charge in [-0.2, -0.15) is 0 Å². The van der Waals surface area contributed by atoms with Crippen molar-refractivity contribution in [3.63, 3.8) is 0 Å². The summed E-state index contributed by atoms with van der Waals surface area (Å²) in [4.78, 5) is 1.72. The summed E-state index contributed by atoms with van der Waals surface area (Å²) in [5.74, 6) is -1.70. The maximum atomic E-state index is 13.8. The Hall–Kier alpha value is -1.20. The lowest BCUT2D eigenvalue weighted by atomic mass is 10.1. The normalized spacial score (nSPS) is 10.6. The van der Waals surface area contributed by atoms with Gasteiger partial charge in [-0.3, -0.25) is 0 Å². The molecule has 0 fully saturated rings. The predicted molar refractivity (Wildman–Crippen MR) is 64.0 cm³/mol. The molecule has 0 aliphatic rings. The molecule has 17 heavy (non-hydrogen) atoms. The molecule has 1 rings (SSSR count). The summed E-state index contributed by atoms with van der Waals surface area (Å²) in [5, 5.41) is 0. The first-order valence-electron chi connectivity index (χ1n) is 5.56. The number of nitrogens with zero attached hydrogens (tertiary/aromatic N) is 1. The Morgan fingerprint density at radius 3 is 2.53 bits per heavy atom. The molecular weight excluding hydrogens is 226 g/mol. The second-order valence-corrected chi connectivity index (χ2v) is 3.65. The van der Waals surface area contributed by atoms with Crippen molar-refractivity contribution in [1.82, 2.24) is 0 Å². The molecule has 0 aromatic heterocycles. The van der Waals surface area contributed by atoms with Gasteiger partial charge in [-0.15, -0.1) is 0 Å². The topological polar surface area (TPSA) is 38.5 Å². The monoisotopic (exact) mass is 244 g/mol. The number of benzene rings is 1. The highest BCUT2D eigenvalue weighted by atomic mass is 19.2. The minimum atomic E-state index is -0.860. The van der Waals surface area contributed by atoms with Gasteiger partial charge in [0.15, 0.2) is 11.6 Å². The van der Waals surface area contributed by atoms with Crippen LogP contribution in [0, 0.1) is 11.6 Å². The zero-order chi connectivity index (χ0) is 12.8. The number of hydrogen-bond acceptors (Lipinski definition) is 3. The number of hydrogen-bond donors (Lipinski definition) is 1. The molecule has 1 aromatic carbocycles. The third kappa shape index (κ3) is 3.14. The summed E-state index contributed by atoms with van der Waals surface area (Å²) in [5.41, 5.74) is 5.76. The molecule has 0 heterocycles. The molecule has 3 nitrogen and oxygen atoms in total. The maximum Gasteiger partial charge on any atom is 0.182 e. The molecule has 0 atom stereocenters. The van der Waals surface area contributed by atoms with Crippen LogP contribution in [0.25, 0.3) is 0 Å². The molecule has 0 saturated heterocycles. The second-order valence-electron chi connectivity index (χ2n) is 3.65. The van der Waals surface area contributed by atoms with Crippen molar-refractivity contribution in [2.75, 3.05) is 31.7 Å². The summed E-state index contributed by atoms with van der Waals surface area (Å²) in [6.45, 7) is 3.44. The van der Waals surface area contributed by atoms with Gasteiger partial charge in [0.2, 0.25) is 0 Å². The quantitative estimate of drug-likeness (QED) is 0.830. The molecule has 0 spiro atoms. The van der Waals surface area contributed by atoms with Crippen LogP contribution < -0.4 is 10.6 Å². The lowest BCUT2D eigenvalue weighted by Crippen LogP contribution is -2.28. The Kier molecular flexibility index (Phi) is 5.31. The van der Waals surface area contributed by atoms with E-state index in [1.165, 1.54) is 6.07 Å². The molecule has 0 radical (unpaired) electrons. The van der Waals surface area contributed by atoms with E-state index in [2.05, 4.69) is 0 Å². The zero-order valence-corrected chi connectivity index (χ0v) is 10.2. The molecule has 96 valence electrons. The van der Waals surface area contributed by atoms with E-state index in [1.54, 1.807) is 18.1 Å². The summed E-state index contributed by atoms with van der Waals surface area (Å²) in [7, 11) is 1.57.